The van der Waals surface area contributed by atoms with Crippen LogP contribution in [-0.2, 0) is 16.1 Å². The first-order chi connectivity index (χ1) is 17.6. The number of rotatable bonds is 6. The van der Waals surface area contributed by atoms with Crippen molar-refractivity contribution in [1.82, 2.24) is 14.3 Å². The van der Waals surface area contributed by atoms with Crippen molar-refractivity contribution in [3.8, 4) is 11.5 Å². The maximum absolute atomic E-state index is 13.5. The zero-order valence-corrected chi connectivity index (χ0v) is 20.8. The highest BCUT2D eigenvalue weighted by Crippen LogP contribution is 2.35. The van der Waals surface area contributed by atoms with Crippen LogP contribution < -0.4 is 20.3 Å². The largest absolute Gasteiger partial charge is 0.454 e. The van der Waals surface area contributed by atoms with Crippen molar-refractivity contribution in [2.75, 3.05) is 25.3 Å². The molecular weight excluding hydrogens is 500 g/mol. The zero-order valence-electron chi connectivity index (χ0n) is 19.1. The summed E-state index contributed by atoms with van der Waals surface area (Å²) < 4.78 is 18.5. The smallest absolute Gasteiger partial charge is 0.267 e. The molecule has 0 spiro atoms. The summed E-state index contributed by atoms with van der Waals surface area (Å²) in [5, 5.41) is 3.27. The number of ether oxygens (including phenoxy) is 3. The number of benzene rings is 1. The monoisotopic (exact) mass is 522 g/mol. The average molecular weight is 523 g/mol. The van der Waals surface area contributed by atoms with Crippen molar-refractivity contribution in [3.63, 3.8) is 0 Å². The van der Waals surface area contributed by atoms with Crippen LogP contribution in [0.4, 0.5) is 5.82 Å². The molecule has 1 N–H and O–H groups in total. The molecule has 2 aromatic heterocycles. The molecule has 0 radical (unpaired) electrons. The van der Waals surface area contributed by atoms with Crippen LogP contribution in [0.3, 0.4) is 0 Å². The van der Waals surface area contributed by atoms with E-state index < -0.39 is 0 Å². The van der Waals surface area contributed by atoms with Crippen LogP contribution in [0.1, 0.15) is 24.0 Å². The van der Waals surface area contributed by atoms with E-state index in [0.29, 0.717) is 51.9 Å². The predicted octanol–water partition coefficient (Wildman–Crippen LogP) is 3.42. The van der Waals surface area contributed by atoms with Gasteiger partial charge in [0, 0.05) is 19.3 Å². The number of carbonyl (C=O) groups is 1. The summed E-state index contributed by atoms with van der Waals surface area (Å²) >= 11 is 6.67. The summed E-state index contributed by atoms with van der Waals surface area (Å²) in [6.45, 7) is 1.72. The Morgan fingerprint density at radius 1 is 1.19 bits per heavy atom. The number of hydrogen-bond acceptors (Lipinski definition) is 9. The topological polar surface area (TPSA) is 94.4 Å². The molecule has 0 saturated carbocycles. The van der Waals surface area contributed by atoms with Crippen molar-refractivity contribution in [3.05, 3.63) is 69.0 Å². The molecule has 3 aliphatic heterocycles. The first kappa shape index (κ1) is 23.0. The lowest BCUT2D eigenvalue weighted by Gasteiger charge is -2.18. The molecule has 1 atom stereocenters. The van der Waals surface area contributed by atoms with E-state index in [0.717, 1.165) is 18.4 Å². The molecule has 3 aliphatic rings. The van der Waals surface area contributed by atoms with Crippen LogP contribution in [0.2, 0.25) is 0 Å². The second-order valence-electron chi connectivity index (χ2n) is 8.58. The molecule has 6 rings (SSSR count). The summed E-state index contributed by atoms with van der Waals surface area (Å²) in [6.07, 6.45) is 5.11. The number of hydrogen-bond donors (Lipinski definition) is 1. The van der Waals surface area contributed by atoms with Gasteiger partial charge in [-0.05, 0) is 48.7 Å². The normalized spacial score (nSPS) is 20.2. The summed E-state index contributed by atoms with van der Waals surface area (Å²) in [5.41, 5.74) is 1.44. The second kappa shape index (κ2) is 9.57. The maximum Gasteiger partial charge on any atom is 0.267 e. The number of nitrogens with zero attached hydrogens (tertiary/aromatic N) is 3. The van der Waals surface area contributed by atoms with Gasteiger partial charge >= 0.3 is 0 Å². The molecule has 2 saturated heterocycles. The van der Waals surface area contributed by atoms with E-state index in [9.17, 15) is 9.59 Å². The number of amides is 1. The van der Waals surface area contributed by atoms with Crippen LogP contribution in [0.15, 0.2) is 52.3 Å². The van der Waals surface area contributed by atoms with Crippen LogP contribution in [0.25, 0.3) is 11.7 Å². The van der Waals surface area contributed by atoms with Gasteiger partial charge in [-0.1, -0.05) is 36.1 Å². The minimum absolute atomic E-state index is 0.0151. The van der Waals surface area contributed by atoms with Gasteiger partial charge in [0.25, 0.3) is 11.5 Å². The van der Waals surface area contributed by atoms with Gasteiger partial charge in [0.15, 0.2) is 11.5 Å². The summed E-state index contributed by atoms with van der Waals surface area (Å²) in [5.74, 6) is 1.54. The Hall–Kier alpha value is -3.41. The van der Waals surface area contributed by atoms with Crippen molar-refractivity contribution in [1.29, 1.82) is 0 Å². The number of aromatic nitrogens is 2. The minimum Gasteiger partial charge on any atom is -0.454 e. The Balaban J connectivity index is 1.33. The lowest BCUT2D eigenvalue weighted by molar-refractivity contribution is -0.123. The quantitative estimate of drug-likeness (QED) is 0.386. The van der Waals surface area contributed by atoms with Crippen LogP contribution in [-0.4, -0.2) is 50.6 Å². The van der Waals surface area contributed by atoms with Gasteiger partial charge in [0.05, 0.1) is 23.1 Å². The Bertz CT molecular complexity index is 1460. The average Bonchev–Trinajstić information content (AvgIpc) is 3.63. The number of anilines is 1. The van der Waals surface area contributed by atoms with E-state index in [1.54, 1.807) is 29.3 Å². The fourth-order valence-corrected chi connectivity index (χ4v) is 5.64. The molecule has 3 aromatic rings. The van der Waals surface area contributed by atoms with Crippen molar-refractivity contribution in [2.24, 2.45) is 0 Å². The Kier molecular flexibility index (Phi) is 6.12. The van der Waals surface area contributed by atoms with E-state index >= 15 is 0 Å². The molecule has 0 unspecified atom stereocenters. The van der Waals surface area contributed by atoms with Crippen molar-refractivity contribution < 1.29 is 19.0 Å². The summed E-state index contributed by atoms with van der Waals surface area (Å²) in [4.78, 5) is 33.3. The number of pyridine rings is 1. The molecule has 2 fully saturated rings. The summed E-state index contributed by atoms with van der Waals surface area (Å²) in [6, 6.07) is 11.0. The van der Waals surface area contributed by atoms with E-state index in [1.165, 1.54) is 16.2 Å². The van der Waals surface area contributed by atoms with Gasteiger partial charge in [0.2, 0.25) is 6.79 Å². The molecule has 1 aromatic carbocycles. The van der Waals surface area contributed by atoms with Crippen molar-refractivity contribution >= 4 is 51.7 Å². The lowest BCUT2D eigenvalue weighted by atomic mass is 10.2. The third-order valence-corrected chi connectivity index (χ3v) is 7.60. The molecule has 5 heterocycles. The van der Waals surface area contributed by atoms with E-state index in [1.807, 2.05) is 24.3 Å². The molecule has 1 amide bonds. The van der Waals surface area contributed by atoms with Crippen molar-refractivity contribution in [2.45, 2.75) is 25.5 Å². The minimum atomic E-state index is -0.279. The number of nitrogens with one attached hydrogen (secondary N) is 1. The van der Waals surface area contributed by atoms with Gasteiger partial charge in [-0.25, -0.2) is 4.98 Å². The molecule has 184 valence electrons. The van der Waals surface area contributed by atoms with Gasteiger partial charge in [0.1, 0.15) is 15.8 Å². The van der Waals surface area contributed by atoms with Crippen LogP contribution in [0, 0.1) is 0 Å². The number of carbonyl (C=O) groups excluding carboxylic acids is 1. The first-order valence-corrected chi connectivity index (χ1v) is 12.8. The Morgan fingerprint density at radius 2 is 2.08 bits per heavy atom. The molecule has 0 bridgehead atoms. The first-order valence-electron chi connectivity index (χ1n) is 11.6. The zero-order chi connectivity index (χ0) is 24.6. The fraction of sp³-hybridized carbons (Fsp3) is 0.280. The SMILES string of the molecule is O=C1/C(=C/c2c(NCc3ccc4c(c3)OCO4)nc3ccccn3c2=O)SC(=S)N1C[C@H]1CCCO1. The third-order valence-electron chi connectivity index (χ3n) is 6.23. The van der Waals surface area contributed by atoms with Gasteiger partial charge in [-0.2, -0.15) is 0 Å². The summed E-state index contributed by atoms with van der Waals surface area (Å²) in [7, 11) is 0. The molecule has 36 heavy (non-hydrogen) atoms. The highest BCUT2D eigenvalue weighted by molar-refractivity contribution is 8.26. The Morgan fingerprint density at radius 3 is 2.94 bits per heavy atom. The van der Waals surface area contributed by atoms with Gasteiger partial charge in [-0.15, -0.1) is 0 Å². The highest BCUT2D eigenvalue weighted by atomic mass is 32.2. The second-order valence-corrected chi connectivity index (χ2v) is 10.3. The molecule has 11 heteroatoms. The highest BCUT2D eigenvalue weighted by Gasteiger charge is 2.35. The number of thioether (sulfide) groups is 1. The van der Waals surface area contributed by atoms with Crippen LogP contribution in [0.5, 0.6) is 11.5 Å². The maximum atomic E-state index is 13.5. The molecular formula is C25H22N4O5S2. The third kappa shape index (κ3) is 4.34. The van der Waals surface area contributed by atoms with E-state index in [2.05, 4.69) is 10.3 Å². The van der Waals surface area contributed by atoms with E-state index in [-0.39, 0.29) is 29.9 Å². The fourth-order valence-electron chi connectivity index (χ4n) is 4.38. The van der Waals surface area contributed by atoms with Crippen LogP contribution >= 0.6 is 24.0 Å². The Labute approximate surface area is 216 Å². The van der Waals surface area contributed by atoms with E-state index in [4.69, 9.17) is 26.4 Å². The molecule has 0 aliphatic carbocycles. The lowest BCUT2D eigenvalue weighted by Crippen LogP contribution is -2.35. The number of fused-ring (bicyclic) bond motifs is 2. The number of thiocarbonyl (C=S) groups is 1. The molecule has 9 nitrogen and oxygen atoms in total. The van der Waals surface area contributed by atoms with Gasteiger partial charge < -0.3 is 19.5 Å². The van der Waals surface area contributed by atoms with Gasteiger partial charge in [-0.3, -0.25) is 18.9 Å². The standard InChI is InChI=1S/C25H22N4O5S2/c30-23-17(11-20-24(31)29(25(35)36-20)13-16-4-3-9-32-16)22(27-21-5-1-2-8-28(21)23)26-12-15-6-7-18-19(10-15)34-14-33-18/h1-2,5-8,10-11,16,26H,3-4,9,12-14H2/b20-11-/t16-/m1/s1. The predicted molar refractivity (Wildman–Crippen MR) is 140 cm³/mol.